The highest BCUT2D eigenvalue weighted by Gasteiger charge is 2.65. The minimum Gasteiger partial charge on any atom is -0.507 e. The normalized spacial score (nSPS) is 39.6. The number of carbonyl (C=O) groups excluding carboxylic acids is 1. The summed E-state index contributed by atoms with van der Waals surface area (Å²) in [5.41, 5.74) is 12.5. The molecule has 2 bridgehead atoms. The smallest absolute Gasteiger partial charge is 0.252 e. The van der Waals surface area contributed by atoms with Gasteiger partial charge in [0, 0.05) is 17.0 Å². The van der Waals surface area contributed by atoms with E-state index in [1.54, 1.807) is 6.07 Å². The lowest BCUT2D eigenvalue weighted by atomic mass is 9.43. The van der Waals surface area contributed by atoms with E-state index >= 15 is 0 Å². The Morgan fingerprint density at radius 1 is 1.18 bits per heavy atom. The average Bonchev–Trinajstić information content (AvgIpc) is 2.59. The van der Waals surface area contributed by atoms with Gasteiger partial charge < -0.3 is 21.7 Å². The predicted molar refractivity (Wildman–Crippen MR) is 107 cm³/mol. The van der Waals surface area contributed by atoms with Crippen molar-refractivity contribution in [2.75, 3.05) is 0 Å². The third-order valence-corrected chi connectivity index (χ3v) is 8.77. The second kappa shape index (κ2) is 6.20. The number of primary amides is 1. The Morgan fingerprint density at radius 2 is 1.96 bits per heavy atom. The number of nitrogens with two attached hydrogens (primary N) is 2. The van der Waals surface area contributed by atoms with Crippen molar-refractivity contribution in [1.82, 2.24) is 0 Å². The molecule has 5 nitrogen and oxygen atoms in total. The van der Waals surface area contributed by atoms with E-state index in [0.29, 0.717) is 18.8 Å². The van der Waals surface area contributed by atoms with Crippen LogP contribution in [0.4, 0.5) is 0 Å². The van der Waals surface area contributed by atoms with Crippen molar-refractivity contribution in [3.05, 3.63) is 28.8 Å². The molecule has 4 aliphatic carbocycles. The van der Waals surface area contributed by atoms with Crippen molar-refractivity contribution in [3.63, 3.8) is 0 Å². The molecule has 0 aliphatic heterocycles. The molecular formula is C23H32N2O3. The first-order chi connectivity index (χ1) is 13.4. The number of amides is 1. The Bertz CT molecular complexity index is 820. The van der Waals surface area contributed by atoms with E-state index in [1.807, 2.05) is 6.07 Å². The zero-order valence-electron chi connectivity index (χ0n) is 16.5. The lowest BCUT2D eigenvalue weighted by Gasteiger charge is -2.64. The van der Waals surface area contributed by atoms with Gasteiger partial charge in [-0.05, 0) is 74.3 Å². The SMILES string of the molecule is NC(=O)c1ccc2c(c1O)[C@]13CCC(CC4CCC4)[C@H](C2)[C@]1(O)CCC(N)C3. The van der Waals surface area contributed by atoms with Crippen molar-refractivity contribution in [1.29, 1.82) is 0 Å². The Hall–Kier alpha value is -1.59. The predicted octanol–water partition coefficient (Wildman–Crippen LogP) is 2.74. The van der Waals surface area contributed by atoms with E-state index in [2.05, 4.69) is 0 Å². The minimum absolute atomic E-state index is 0.00620. The first kappa shape index (κ1) is 18.4. The summed E-state index contributed by atoms with van der Waals surface area (Å²) in [6.45, 7) is 0. The molecule has 152 valence electrons. The quantitative estimate of drug-likeness (QED) is 0.642. The van der Waals surface area contributed by atoms with Gasteiger partial charge in [0.25, 0.3) is 5.91 Å². The fourth-order valence-electron chi connectivity index (χ4n) is 7.24. The maximum atomic E-state index is 12.2. The summed E-state index contributed by atoms with van der Waals surface area (Å²) >= 11 is 0. The van der Waals surface area contributed by atoms with Crippen LogP contribution in [0.1, 0.15) is 79.3 Å². The van der Waals surface area contributed by atoms with Crippen LogP contribution in [0.5, 0.6) is 5.75 Å². The van der Waals surface area contributed by atoms with Crippen molar-refractivity contribution < 1.29 is 15.0 Å². The standard InChI is InChI=1S/C23H32N2O3/c24-16-7-9-23(28)18-11-15-4-5-17(21(25)27)20(26)19(15)22(23,12-16)8-6-14(18)10-13-2-1-3-13/h4-5,13-14,16,18,26,28H,1-3,6-12,24H2,(H2,25,27)/t14?,16?,18-,22+,23+/m0/s1. The largest absolute Gasteiger partial charge is 0.507 e. The Kier molecular flexibility index (Phi) is 4.08. The molecule has 0 aromatic heterocycles. The molecule has 5 atom stereocenters. The minimum atomic E-state index is -0.851. The van der Waals surface area contributed by atoms with Gasteiger partial charge in [-0.3, -0.25) is 4.79 Å². The molecule has 1 aromatic carbocycles. The summed E-state index contributed by atoms with van der Waals surface area (Å²) in [7, 11) is 0. The summed E-state index contributed by atoms with van der Waals surface area (Å²) in [4.78, 5) is 11.9. The fraction of sp³-hybridized carbons (Fsp3) is 0.696. The van der Waals surface area contributed by atoms with Gasteiger partial charge in [0.1, 0.15) is 5.75 Å². The highest BCUT2D eigenvalue weighted by molar-refractivity contribution is 5.96. The van der Waals surface area contributed by atoms with Gasteiger partial charge in [0.2, 0.25) is 0 Å². The topological polar surface area (TPSA) is 110 Å². The van der Waals surface area contributed by atoms with Gasteiger partial charge in [0.15, 0.2) is 0 Å². The number of carbonyl (C=O) groups is 1. The molecule has 5 rings (SSSR count). The number of aromatic hydroxyl groups is 1. The van der Waals surface area contributed by atoms with E-state index < -0.39 is 16.9 Å². The van der Waals surface area contributed by atoms with Gasteiger partial charge >= 0.3 is 0 Å². The highest BCUT2D eigenvalue weighted by Crippen LogP contribution is 2.64. The number of rotatable bonds is 3. The van der Waals surface area contributed by atoms with Crippen molar-refractivity contribution >= 4 is 5.91 Å². The molecule has 5 heteroatoms. The molecule has 4 aliphatic rings. The third-order valence-electron chi connectivity index (χ3n) is 8.77. The van der Waals surface area contributed by atoms with Crippen LogP contribution in [-0.2, 0) is 11.8 Å². The van der Waals surface area contributed by atoms with Crippen LogP contribution in [0, 0.1) is 17.8 Å². The molecule has 0 radical (unpaired) electrons. The molecule has 2 unspecified atom stereocenters. The zero-order valence-corrected chi connectivity index (χ0v) is 16.5. The maximum absolute atomic E-state index is 12.2. The van der Waals surface area contributed by atoms with E-state index in [4.69, 9.17) is 11.5 Å². The summed E-state index contributed by atoms with van der Waals surface area (Å²) in [6.07, 6.45) is 10.0. The van der Waals surface area contributed by atoms with Crippen molar-refractivity contribution in [2.45, 2.75) is 81.3 Å². The molecule has 1 amide bonds. The van der Waals surface area contributed by atoms with E-state index in [0.717, 1.165) is 42.7 Å². The van der Waals surface area contributed by atoms with Crippen LogP contribution in [-0.4, -0.2) is 27.8 Å². The molecule has 3 saturated carbocycles. The molecule has 6 N–H and O–H groups in total. The Balaban J connectivity index is 1.65. The van der Waals surface area contributed by atoms with Gasteiger partial charge in [-0.2, -0.15) is 0 Å². The van der Waals surface area contributed by atoms with Gasteiger partial charge in [-0.25, -0.2) is 0 Å². The van der Waals surface area contributed by atoms with Gasteiger partial charge in [0.05, 0.1) is 11.2 Å². The summed E-state index contributed by atoms with van der Waals surface area (Å²) in [6, 6.07) is 3.61. The zero-order chi connectivity index (χ0) is 19.7. The van der Waals surface area contributed by atoms with Crippen LogP contribution in [0.25, 0.3) is 0 Å². The van der Waals surface area contributed by atoms with Crippen LogP contribution in [0.2, 0.25) is 0 Å². The second-order valence-corrected chi connectivity index (χ2v) is 10.0. The van der Waals surface area contributed by atoms with Crippen LogP contribution >= 0.6 is 0 Å². The lowest BCUT2D eigenvalue weighted by Crippen LogP contribution is -2.68. The molecule has 1 aromatic rings. The fourth-order valence-corrected chi connectivity index (χ4v) is 7.24. The number of phenols is 1. The molecule has 0 heterocycles. The van der Waals surface area contributed by atoms with Crippen LogP contribution in [0.3, 0.4) is 0 Å². The number of benzene rings is 1. The maximum Gasteiger partial charge on any atom is 0.252 e. The third kappa shape index (κ3) is 2.35. The first-order valence-electron chi connectivity index (χ1n) is 11.0. The van der Waals surface area contributed by atoms with Crippen molar-refractivity contribution in [3.8, 4) is 5.75 Å². The average molecular weight is 385 g/mol. The molecule has 0 spiro atoms. The lowest BCUT2D eigenvalue weighted by molar-refractivity contribution is -0.171. The first-order valence-corrected chi connectivity index (χ1v) is 11.0. The van der Waals surface area contributed by atoms with Gasteiger partial charge in [-0.15, -0.1) is 0 Å². The van der Waals surface area contributed by atoms with E-state index in [-0.39, 0.29) is 23.3 Å². The summed E-state index contributed by atoms with van der Waals surface area (Å²) < 4.78 is 0. The molecule has 3 fully saturated rings. The number of aliphatic hydroxyl groups is 1. The number of hydrogen-bond acceptors (Lipinski definition) is 4. The summed E-state index contributed by atoms with van der Waals surface area (Å²) in [5.74, 6) is 0.915. The number of hydrogen-bond donors (Lipinski definition) is 4. The summed E-state index contributed by atoms with van der Waals surface area (Å²) in [5, 5.41) is 23.2. The second-order valence-electron chi connectivity index (χ2n) is 10.0. The van der Waals surface area contributed by atoms with Crippen molar-refractivity contribution in [2.24, 2.45) is 29.2 Å². The Morgan fingerprint density at radius 3 is 2.64 bits per heavy atom. The highest BCUT2D eigenvalue weighted by atomic mass is 16.3. The van der Waals surface area contributed by atoms with Crippen LogP contribution in [0.15, 0.2) is 12.1 Å². The molecule has 0 saturated heterocycles. The van der Waals surface area contributed by atoms with Crippen LogP contribution < -0.4 is 11.5 Å². The number of fused-ring (bicyclic) bond motifs is 1. The Labute approximate surface area is 166 Å². The molecule has 28 heavy (non-hydrogen) atoms. The van der Waals surface area contributed by atoms with Gasteiger partial charge in [-0.1, -0.05) is 25.3 Å². The molecular weight excluding hydrogens is 352 g/mol. The van der Waals surface area contributed by atoms with E-state index in [1.165, 1.54) is 25.7 Å². The monoisotopic (exact) mass is 384 g/mol. The van der Waals surface area contributed by atoms with E-state index in [9.17, 15) is 15.0 Å².